The van der Waals surface area contributed by atoms with Crippen molar-refractivity contribution < 1.29 is 15.0 Å². The highest BCUT2D eigenvalue weighted by Gasteiger charge is 2.29. The quantitative estimate of drug-likeness (QED) is 0.812. The molecule has 2 N–H and O–H groups in total. The monoisotopic (exact) mass is 235 g/mol. The van der Waals surface area contributed by atoms with Crippen molar-refractivity contribution in [3.63, 3.8) is 0 Å². The van der Waals surface area contributed by atoms with E-state index in [-0.39, 0.29) is 24.3 Å². The van der Waals surface area contributed by atoms with Crippen molar-refractivity contribution in [2.75, 3.05) is 13.2 Å². The van der Waals surface area contributed by atoms with Crippen LogP contribution in [0.15, 0.2) is 18.2 Å². The highest BCUT2D eigenvalue weighted by Crippen LogP contribution is 2.23. The molecular formula is C13H17NO3. The van der Waals surface area contributed by atoms with E-state index in [0.717, 1.165) is 18.4 Å². The molecule has 1 unspecified atom stereocenters. The molecule has 2 rings (SSSR count). The van der Waals surface area contributed by atoms with Crippen molar-refractivity contribution in [2.24, 2.45) is 0 Å². The van der Waals surface area contributed by atoms with E-state index >= 15 is 0 Å². The maximum atomic E-state index is 12.3. The summed E-state index contributed by atoms with van der Waals surface area (Å²) in [6.45, 7) is 2.52. The molecular weight excluding hydrogens is 218 g/mol. The minimum atomic E-state index is -0.0595. The summed E-state index contributed by atoms with van der Waals surface area (Å²) in [6.07, 6.45) is 1.80. The Labute approximate surface area is 100 Å². The molecule has 1 saturated heterocycles. The molecule has 0 aromatic heterocycles. The largest absolute Gasteiger partial charge is 0.508 e. The van der Waals surface area contributed by atoms with E-state index in [1.807, 2.05) is 0 Å². The average molecular weight is 235 g/mol. The topological polar surface area (TPSA) is 60.8 Å². The highest BCUT2D eigenvalue weighted by atomic mass is 16.3. The van der Waals surface area contributed by atoms with Crippen LogP contribution in [0.5, 0.6) is 5.75 Å². The summed E-state index contributed by atoms with van der Waals surface area (Å²) in [5.74, 6) is 0.109. The number of carbonyl (C=O) groups is 1. The molecule has 0 spiro atoms. The number of carbonyl (C=O) groups excluding carboxylic acids is 1. The van der Waals surface area contributed by atoms with E-state index in [4.69, 9.17) is 0 Å². The molecule has 1 aliphatic rings. The van der Waals surface area contributed by atoms with Gasteiger partial charge in [-0.05, 0) is 43.5 Å². The van der Waals surface area contributed by atoms with Crippen LogP contribution in [0.4, 0.5) is 0 Å². The Morgan fingerprint density at radius 1 is 1.53 bits per heavy atom. The third-order valence-electron chi connectivity index (χ3n) is 3.29. The van der Waals surface area contributed by atoms with Gasteiger partial charge in [0.2, 0.25) is 0 Å². The summed E-state index contributed by atoms with van der Waals surface area (Å²) in [6, 6.07) is 4.68. The lowest BCUT2D eigenvalue weighted by Crippen LogP contribution is -2.37. The predicted molar refractivity (Wildman–Crippen MR) is 64.0 cm³/mol. The number of rotatable bonds is 2. The predicted octanol–water partition coefficient (Wildman–Crippen LogP) is 1.30. The molecule has 1 atom stereocenters. The number of phenols is 1. The Morgan fingerprint density at radius 3 is 2.94 bits per heavy atom. The molecule has 0 saturated carbocycles. The van der Waals surface area contributed by atoms with E-state index in [0.29, 0.717) is 12.1 Å². The minimum absolute atomic E-state index is 0.0167. The number of benzene rings is 1. The molecule has 1 aromatic rings. The van der Waals surface area contributed by atoms with Crippen LogP contribution in [0.25, 0.3) is 0 Å². The number of hydrogen-bond acceptors (Lipinski definition) is 3. The fourth-order valence-electron chi connectivity index (χ4n) is 2.34. The van der Waals surface area contributed by atoms with E-state index in [9.17, 15) is 15.0 Å². The normalized spacial score (nSPS) is 19.6. The van der Waals surface area contributed by atoms with Crippen LogP contribution in [-0.4, -0.2) is 40.2 Å². The Bertz CT molecular complexity index is 431. The Morgan fingerprint density at radius 2 is 2.29 bits per heavy atom. The van der Waals surface area contributed by atoms with Gasteiger partial charge < -0.3 is 15.1 Å². The first-order valence-electron chi connectivity index (χ1n) is 5.85. The highest BCUT2D eigenvalue weighted by molar-refractivity contribution is 5.96. The van der Waals surface area contributed by atoms with Crippen molar-refractivity contribution in [1.29, 1.82) is 0 Å². The number of aromatic hydroxyl groups is 1. The zero-order chi connectivity index (χ0) is 12.4. The fourth-order valence-corrected chi connectivity index (χ4v) is 2.34. The van der Waals surface area contributed by atoms with E-state index in [1.165, 1.54) is 6.07 Å². The molecule has 4 heteroatoms. The number of hydrogen-bond donors (Lipinski definition) is 2. The van der Waals surface area contributed by atoms with Crippen LogP contribution in [0.3, 0.4) is 0 Å². The van der Waals surface area contributed by atoms with Gasteiger partial charge in [0.25, 0.3) is 5.91 Å². The van der Waals surface area contributed by atoms with Crippen molar-refractivity contribution >= 4 is 5.91 Å². The lowest BCUT2D eigenvalue weighted by atomic mass is 10.1. The van der Waals surface area contributed by atoms with Gasteiger partial charge in [0.15, 0.2) is 0 Å². The van der Waals surface area contributed by atoms with Gasteiger partial charge in [-0.15, -0.1) is 0 Å². The lowest BCUT2D eigenvalue weighted by Gasteiger charge is -2.23. The zero-order valence-electron chi connectivity index (χ0n) is 9.89. The maximum absolute atomic E-state index is 12.3. The van der Waals surface area contributed by atoms with Crippen LogP contribution in [0.2, 0.25) is 0 Å². The summed E-state index contributed by atoms with van der Waals surface area (Å²) in [5, 5.41) is 18.5. The first kappa shape index (κ1) is 11.9. The van der Waals surface area contributed by atoms with E-state index < -0.39 is 0 Å². The second-order valence-electron chi connectivity index (χ2n) is 4.48. The summed E-state index contributed by atoms with van der Waals surface area (Å²) in [5.41, 5.74) is 1.36. The summed E-state index contributed by atoms with van der Waals surface area (Å²) in [4.78, 5) is 14.0. The molecule has 1 amide bonds. The third-order valence-corrected chi connectivity index (χ3v) is 3.29. The smallest absolute Gasteiger partial charge is 0.254 e. The summed E-state index contributed by atoms with van der Waals surface area (Å²) in [7, 11) is 0. The van der Waals surface area contributed by atoms with Gasteiger partial charge in [-0.25, -0.2) is 0 Å². The van der Waals surface area contributed by atoms with Crippen LogP contribution < -0.4 is 0 Å². The summed E-state index contributed by atoms with van der Waals surface area (Å²) >= 11 is 0. The number of nitrogens with zero attached hydrogens (tertiary/aromatic N) is 1. The number of aryl methyl sites for hydroxylation is 1. The second kappa shape index (κ2) is 4.75. The van der Waals surface area contributed by atoms with Crippen molar-refractivity contribution in [3.05, 3.63) is 29.3 Å². The molecule has 17 heavy (non-hydrogen) atoms. The fraction of sp³-hybridized carbons (Fsp3) is 0.462. The first-order valence-corrected chi connectivity index (χ1v) is 5.85. The van der Waals surface area contributed by atoms with Gasteiger partial charge in [-0.3, -0.25) is 4.79 Å². The molecule has 0 bridgehead atoms. The van der Waals surface area contributed by atoms with Crippen LogP contribution >= 0.6 is 0 Å². The number of amides is 1. The average Bonchev–Trinajstić information content (AvgIpc) is 2.76. The maximum Gasteiger partial charge on any atom is 0.254 e. The Kier molecular flexibility index (Phi) is 3.33. The molecule has 0 aliphatic carbocycles. The van der Waals surface area contributed by atoms with Gasteiger partial charge in [-0.1, -0.05) is 0 Å². The van der Waals surface area contributed by atoms with Crippen molar-refractivity contribution in [3.8, 4) is 5.75 Å². The van der Waals surface area contributed by atoms with Crippen LogP contribution in [0, 0.1) is 6.92 Å². The van der Waals surface area contributed by atoms with Gasteiger partial charge in [0.1, 0.15) is 5.75 Å². The van der Waals surface area contributed by atoms with Gasteiger partial charge in [0, 0.05) is 12.1 Å². The van der Waals surface area contributed by atoms with Crippen molar-refractivity contribution in [1.82, 2.24) is 4.90 Å². The molecule has 0 radical (unpaired) electrons. The van der Waals surface area contributed by atoms with Crippen LogP contribution in [-0.2, 0) is 0 Å². The van der Waals surface area contributed by atoms with Gasteiger partial charge in [-0.2, -0.15) is 0 Å². The number of aliphatic hydroxyl groups excluding tert-OH is 1. The third kappa shape index (κ3) is 2.26. The standard InChI is InChI=1S/C13H17NO3/c1-9-7-11(16)4-5-12(9)13(17)14-6-2-3-10(14)8-15/h4-5,7,10,15-16H,2-3,6,8H2,1H3. The molecule has 92 valence electrons. The molecule has 1 aliphatic heterocycles. The molecule has 1 fully saturated rings. The lowest BCUT2D eigenvalue weighted by molar-refractivity contribution is 0.0677. The Balaban J connectivity index is 2.24. The molecule has 1 aromatic carbocycles. The van der Waals surface area contributed by atoms with Crippen molar-refractivity contribution in [2.45, 2.75) is 25.8 Å². The number of likely N-dealkylation sites (tertiary alicyclic amines) is 1. The van der Waals surface area contributed by atoms with Gasteiger partial charge >= 0.3 is 0 Å². The summed E-state index contributed by atoms with van der Waals surface area (Å²) < 4.78 is 0. The second-order valence-corrected chi connectivity index (χ2v) is 4.48. The minimum Gasteiger partial charge on any atom is -0.508 e. The van der Waals surface area contributed by atoms with Crippen LogP contribution in [0.1, 0.15) is 28.8 Å². The Hall–Kier alpha value is -1.55. The van der Waals surface area contributed by atoms with Gasteiger partial charge in [0.05, 0.1) is 12.6 Å². The molecule has 1 heterocycles. The number of aliphatic hydroxyl groups is 1. The molecule has 4 nitrogen and oxygen atoms in total. The van der Waals surface area contributed by atoms with E-state index in [1.54, 1.807) is 24.0 Å². The first-order chi connectivity index (χ1) is 8.13. The van der Waals surface area contributed by atoms with E-state index in [2.05, 4.69) is 0 Å². The SMILES string of the molecule is Cc1cc(O)ccc1C(=O)N1CCCC1CO. The zero-order valence-corrected chi connectivity index (χ0v) is 9.89. The number of phenolic OH excluding ortho intramolecular Hbond substituents is 1.